The van der Waals surface area contributed by atoms with E-state index in [1.54, 1.807) is 30.3 Å². The Labute approximate surface area is 147 Å². The molecule has 6 nitrogen and oxygen atoms in total. The Morgan fingerprint density at radius 1 is 1.25 bits per heavy atom. The van der Waals surface area contributed by atoms with Crippen molar-refractivity contribution in [3.05, 3.63) is 54.0 Å². The van der Waals surface area contributed by atoms with Gasteiger partial charge in [0.1, 0.15) is 0 Å². The molecule has 1 aromatic heterocycles. The van der Waals surface area contributed by atoms with Crippen molar-refractivity contribution >= 4 is 28.2 Å². The van der Waals surface area contributed by atoms with E-state index in [9.17, 15) is 13.2 Å². The van der Waals surface area contributed by atoms with Crippen LogP contribution in [-0.4, -0.2) is 33.5 Å². The highest BCUT2D eigenvalue weighted by atomic mass is 35.5. The van der Waals surface area contributed by atoms with Crippen molar-refractivity contribution in [3.8, 4) is 0 Å². The lowest BCUT2D eigenvalue weighted by molar-refractivity contribution is 0.0911. The molecule has 0 bridgehead atoms. The van der Waals surface area contributed by atoms with Gasteiger partial charge in [-0.2, -0.15) is 0 Å². The van der Waals surface area contributed by atoms with E-state index in [1.165, 1.54) is 12.3 Å². The zero-order valence-corrected chi connectivity index (χ0v) is 14.5. The fraction of sp³-hybridized carbons (Fsp3) is 0.312. The average Bonchev–Trinajstić information content (AvgIpc) is 3.19. The molecule has 8 heteroatoms. The molecule has 1 aliphatic rings. The summed E-state index contributed by atoms with van der Waals surface area (Å²) in [6.45, 7) is 1.57. The third kappa shape index (κ3) is 4.17. The predicted octanol–water partition coefficient (Wildman–Crippen LogP) is 1.77. The monoisotopic (exact) mass is 370 g/mol. The molecular formula is C16H19ClN2O4S. The van der Waals surface area contributed by atoms with Gasteiger partial charge < -0.3 is 15.1 Å². The van der Waals surface area contributed by atoms with Crippen LogP contribution in [0.3, 0.4) is 0 Å². The maximum atomic E-state index is 12.4. The molecular weight excluding hydrogens is 352 g/mol. The molecule has 2 N–H and O–H groups in total. The highest BCUT2D eigenvalue weighted by molar-refractivity contribution is 7.90. The molecule has 1 unspecified atom stereocenters. The van der Waals surface area contributed by atoms with Gasteiger partial charge in [0.05, 0.1) is 16.9 Å². The zero-order chi connectivity index (χ0) is 16.3. The van der Waals surface area contributed by atoms with Crippen molar-refractivity contribution in [2.45, 2.75) is 23.1 Å². The third-order valence-electron chi connectivity index (χ3n) is 3.80. The van der Waals surface area contributed by atoms with Gasteiger partial charge in [-0.3, -0.25) is 4.79 Å². The first-order chi connectivity index (χ1) is 11.1. The Balaban J connectivity index is 0.00000208. The number of benzene rings is 1. The number of hydrogen-bond acceptors (Lipinski definition) is 5. The number of furan rings is 1. The summed E-state index contributed by atoms with van der Waals surface area (Å²) in [6.07, 6.45) is 2.20. The van der Waals surface area contributed by atoms with Crippen molar-refractivity contribution in [2.75, 3.05) is 13.1 Å². The summed E-state index contributed by atoms with van der Waals surface area (Å²) in [7, 11) is -3.52. The molecule has 0 radical (unpaired) electrons. The number of halogens is 1. The van der Waals surface area contributed by atoms with Crippen LogP contribution in [0, 0.1) is 0 Å². The van der Waals surface area contributed by atoms with Crippen molar-refractivity contribution in [3.63, 3.8) is 0 Å². The van der Waals surface area contributed by atoms with Crippen LogP contribution in [-0.2, 0) is 15.6 Å². The van der Waals surface area contributed by atoms with Gasteiger partial charge in [0.15, 0.2) is 15.6 Å². The minimum atomic E-state index is -3.52. The lowest BCUT2D eigenvalue weighted by Gasteiger charge is -2.11. The second-order valence-corrected chi connectivity index (χ2v) is 7.50. The number of rotatable bonds is 5. The van der Waals surface area contributed by atoms with E-state index >= 15 is 0 Å². The molecule has 3 rings (SSSR count). The summed E-state index contributed by atoms with van der Waals surface area (Å²) >= 11 is 0. The van der Waals surface area contributed by atoms with Crippen molar-refractivity contribution in [2.24, 2.45) is 0 Å². The topological polar surface area (TPSA) is 88.4 Å². The summed E-state index contributed by atoms with van der Waals surface area (Å²) in [5.41, 5.74) is 0.373. The summed E-state index contributed by atoms with van der Waals surface area (Å²) < 4.78 is 30.1. The van der Waals surface area contributed by atoms with Gasteiger partial charge in [0.25, 0.3) is 5.91 Å². The zero-order valence-electron chi connectivity index (χ0n) is 12.9. The van der Waals surface area contributed by atoms with Gasteiger partial charge in [-0.25, -0.2) is 8.42 Å². The van der Waals surface area contributed by atoms with Gasteiger partial charge in [-0.15, -0.1) is 12.4 Å². The second kappa shape index (κ2) is 7.83. The molecule has 130 valence electrons. The Morgan fingerprint density at radius 2 is 2.00 bits per heavy atom. The smallest absolute Gasteiger partial charge is 0.287 e. The van der Waals surface area contributed by atoms with Crippen LogP contribution >= 0.6 is 12.4 Å². The van der Waals surface area contributed by atoms with Crippen LogP contribution in [0.25, 0.3) is 0 Å². The van der Waals surface area contributed by atoms with Crippen molar-refractivity contribution in [1.29, 1.82) is 0 Å². The SMILES string of the molecule is Cl.O=C(NC1CCNC1)c1occc1CS(=O)(=O)c1ccccc1. The van der Waals surface area contributed by atoms with E-state index in [-0.39, 0.29) is 40.8 Å². The fourth-order valence-electron chi connectivity index (χ4n) is 2.59. The van der Waals surface area contributed by atoms with E-state index in [4.69, 9.17) is 4.42 Å². The maximum Gasteiger partial charge on any atom is 0.287 e. The lowest BCUT2D eigenvalue weighted by atomic mass is 10.2. The molecule has 1 aromatic carbocycles. The van der Waals surface area contributed by atoms with Crippen LogP contribution in [0.15, 0.2) is 52.0 Å². The molecule has 1 amide bonds. The normalized spacial score (nSPS) is 17.2. The molecule has 1 aliphatic heterocycles. The summed E-state index contributed by atoms with van der Waals surface area (Å²) in [5.74, 6) is -0.572. The van der Waals surface area contributed by atoms with Crippen molar-refractivity contribution < 1.29 is 17.6 Å². The standard InChI is InChI=1S/C16H18N2O4S.ClH/c19-16(18-13-6-8-17-10-13)15-12(7-9-22-15)11-23(20,21)14-4-2-1-3-5-14;/h1-5,7,9,13,17H,6,8,10-11H2,(H,18,19);1H. The van der Waals surface area contributed by atoms with Gasteiger partial charge in [0.2, 0.25) is 0 Å². The van der Waals surface area contributed by atoms with Gasteiger partial charge in [0, 0.05) is 18.2 Å². The molecule has 0 aliphatic carbocycles. The molecule has 0 spiro atoms. The Hall–Kier alpha value is -1.83. The number of carbonyl (C=O) groups is 1. The molecule has 1 saturated heterocycles. The van der Waals surface area contributed by atoms with E-state index < -0.39 is 9.84 Å². The van der Waals surface area contributed by atoms with Gasteiger partial charge >= 0.3 is 0 Å². The number of carbonyl (C=O) groups excluding carboxylic acids is 1. The van der Waals surface area contributed by atoms with E-state index in [0.717, 1.165) is 13.0 Å². The number of sulfone groups is 1. The fourth-order valence-corrected chi connectivity index (χ4v) is 3.97. The molecule has 1 atom stereocenters. The number of hydrogen-bond donors (Lipinski definition) is 2. The predicted molar refractivity (Wildman–Crippen MR) is 92.0 cm³/mol. The van der Waals surface area contributed by atoms with Crippen LogP contribution in [0.5, 0.6) is 0 Å². The second-order valence-electron chi connectivity index (χ2n) is 5.51. The first-order valence-corrected chi connectivity index (χ1v) is 9.07. The molecule has 2 heterocycles. The number of nitrogens with one attached hydrogen (secondary N) is 2. The minimum absolute atomic E-state index is 0. The quantitative estimate of drug-likeness (QED) is 0.837. The van der Waals surface area contributed by atoms with Gasteiger partial charge in [-0.05, 0) is 31.2 Å². The van der Waals surface area contributed by atoms with E-state index in [1.807, 2.05) is 0 Å². The van der Waals surface area contributed by atoms with Crippen LogP contribution in [0.4, 0.5) is 0 Å². The third-order valence-corrected chi connectivity index (χ3v) is 5.48. The Morgan fingerprint density at radius 3 is 2.67 bits per heavy atom. The Kier molecular flexibility index (Phi) is 6.04. The maximum absolute atomic E-state index is 12.4. The summed E-state index contributed by atoms with van der Waals surface area (Å²) in [6, 6.07) is 9.75. The molecule has 2 aromatic rings. The first kappa shape index (κ1) is 18.5. The summed E-state index contributed by atoms with van der Waals surface area (Å²) in [4.78, 5) is 12.5. The minimum Gasteiger partial charge on any atom is -0.459 e. The molecule has 24 heavy (non-hydrogen) atoms. The van der Waals surface area contributed by atoms with Crippen LogP contribution in [0.2, 0.25) is 0 Å². The summed E-state index contributed by atoms with van der Waals surface area (Å²) in [5, 5.41) is 6.01. The van der Waals surface area contributed by atoms with Crippen LogP contribution in [0.1, 0.15) is 22.5 Å². The van der Waals surface area contributed by atoms with Gasteiger partial charge in [-0.1, -0.05) is 18.2 Å². The molecule has 1 fully saturated rings. The Bertz CT molecular complexity index is 783. The number of amides is 1. The lowest BCUT2D eigenvalue weighted by Crippen LogP contribution is -2.36. The van der Waals surface area contributed by atoms with Crippen LogP contribution < -0.4 is 10.6 Å². The average molecular weight is 371 g/mol. The highest BCUT2D eigenvalue weighted by Crippen LogP contribution is 2.20. The first-order valence-electron chi connectivity index (χ1n) is 7.42. The van der Waals surface area contributed by atoms with E-state index in [2.05, 4.69) is 10.6 Å². The van der Waals surface area contributed by atoms with E-state index in [0.29, 0.717) is 12.1 Å². The van der Waals surface area contributed by atoms with Crippen molar-refractivity contribution in [1.82, 2.24) is 10.6 Å². The highest BCUT2D eigenvalue weighted by Gasteiger charge is 2.24. The largest absolute Gasteiger partial charge is 0.459 e. The molecule has 0 saturated carbocycles.